The van der Waals surface area contributed by atoms with Crippen LogP contribution in [-0.4, -0.2) is 41.7 Å². The number of hydrogen-bond donors (Lipinski definition) is 1. The highest BCUT2D eigenvalue weighted by molar-refractivity contribution is 5.74. The number of urea groups is 1. The second kappa shape index (κ2) is 8.29. The van der Waals surface area contributed by atoms with E-state index in [0.717, 1.165) is 31.6 Å². The summed E-state index contributed by atoms with van der Waals surface area (Å²) in [6, 6.07) is 3.96. The molecule has 1 saturated heterocycles. The molecule has 2 heterocycles. The molecular weight excluding hydrogens is 290 g/mol. The van der Waals surface area contributed by atoms with Crippen LogP contribution in [0, 0.1) is 5.92 Å². The third kappa shape index (κ3) is 4.93. The van der Waals surface area contributed by atoms with Crippen LogP contribution in [-0.2, 0) is 11.3 Å². The van der Waals surface area contributed by atoms with Crippen molar-refractivity contribution >= 4 is 6.03 Å². The number of carbonyl (C=O) groups is 1. The van der Waals surface area contributed by atoms with Gasteiger partial charge in [-0.05, 0) is 49.3 Å². The maximum atomic E-state index is 12.6. The normalized spacial score (nSPS) is 21.5. The molecule has 0 radical (unpaired) electrons. The fourth-order valence-corrected chi connectivity index (χ4v) is 3.52. The summed E-state index contributed by atoms with van der Waals surface area (Å²) in [5, 5.41) is 3.13. The molecule has 1 N–H and O–H groups in total. The van der Waals surface area contributed by atoms with Crippen molar-refractivity contribution in [1.82, 2.24) is 15.2 Å². The fraction of sp³-hybridized carbons (Fsp3) is 0.667. The van der Waals surface area contributed by atoms with Crippen molar-refractivity contribution in [1.29, 1.82) is 0 Å². The van der Waals surface area contributed by atoms with E-state index in [9.17, 15) is 4.79 Å². The topological polar surface area (TPSA) is 54.5 Å². The highest BCUT2D eigenvalue weighted by Gasteiger charge is 2.24. The van der Waals surface area contributed by atoms with E-state index >= 15 is 0 Å². The van der Waals surface area contributed by atoms with Gasteiger partial charge in [0.1, 0.15) is 0 Å². The molecule has 5 heteroatoms. The summed E-state index contributed by atoms with van der Waals surface area (Å²) < 4.78 is 5.72. The first-order valence-electron chi connectivity index (χ1n) is 8.84. The van der Waals surface area contributed by atoms with Crippen molar-refractivity contribution in [2.75, 3.05) is 19.7 Å². The van der Waals surface area contributed by atoms with Gasteiger partial charge in [0.15, 0.2) is 0 Å². The lowest BCUT2D eigenvalue weighted by Crippen LogP contribution is -2.44. The van der Waals surface area contributed by atoms with Crippen LogP contribution in [0.25, 0.3) is 0 Å². The number of pyridine rings is 1. The summed E-state index contributed by atoms with van der Waals surface area (Å²) in [5.74, 6) is 0.657. The number of rotatable bonds is 6. The van der Waals surface area contributed by atoms with E-state index in [1.165, 1.54) is 25.7 Å². The highest BCUT2D eigenvalue weighted by Crippen LogP contribution is 2.24. The summed E-state index contributed by atoms with van der Waals surface area (Å²) in [5.41, 5.74) is 1.11. The van der Waals surface area contributed by atoms with Crippen molar-refractivity contribution < 1.29 is 9.53 Å². The average molecular weight is 317 g/mol. The summed E-state index contributed by atoms with van der Waals surface area (Å²) in [6.07, 6.45) is 11.0. The zero-order valence-electron chi connectivity index (χ0n) is 13.7. The van der Waals surface area contributed by atoms with Crippen molar-refractivity contribution in [3.63, 3.8) is 0 Å². The van der Waals surface area contributed by atoms with Gasteiger partial charge < -0.3 is 15.0 Å². The Labute approximate surface area is 138 Å². The van der Waals surface area contributed by atoms with Crippen LogP contribution >= 0.6 is 0 Å². The maximum Gasteiger partial charge on any atom is 0.317 e. The lowest BCUT2D eigenvalue weighted by molar-refractivity contribution is 0.0793. The number of carbonyl (C=O) groups excluding carboxylic acids is 1. The third-order valence-corrected chi connectivity index (χ3v) is 4.87. The number of nitrogens with zero attached hydrogens (tertiary/aromatic N) is 2. The summed E-state index contributed by atoms with van der Waals surface area (Å²) in [4.78, 5) is 18.6. The maximum absolute atomic E-state index is 12.6. The van der Waals surface area contributed by atoms with E-state index in [1.807, 2.05) is 17.0 Å². The van der Waals surface area contributed by atoms with Crippen molar-refractivity contribution in [3.05, 3.63) is 30.1 Å². The van der Waals surface area contributed by atoms with Crippen molar-refractivity contribution in [2.24, 2.45) is 5.92 Å². The van der Waals surface area contributed by atoms with Crippen LogP contribution in [0.5, 0.6) is 0 Å². The molecule has 0 spiro atoms. The van der Waals surface area contributed by atoms with E-state index in [4.69, 9.17) is 4.74 Å². The van der Waals surface area contributed by atoms with Gasteiger partial charge in [-0.25, -0.2) is 4.79 Å². The van der Waals surface area contributed by atoms with Gasteiger partial charge in [-0.1, -0.05) is 12.8 Å². The first-order valence-corrected chi connectivity index (χ1v) is 8.84. The molecule has 1 atom stereocenters. The molecule has 1 aromatic heterocycles. The van der Waals surface area contributed by atoms with Gasteiger partial charge >= 0.3 is 6.03 Å². The fourth-order valence-electron chi connectivity index (χ4n) is 3.52. The zero-order chi connectivity index (χ0) is 15.9. The van der Waals surface area contributed by atoms with Crippen LogP contribution in [0.2, 0.25) is 0 Å². The molecule has 2 fully saturated rings. The van der Waals surface area contributed by atoms with Gasteiger partial charge in [-0.2, -0.15) is 0 Å². The van der Waals surface area contributed by atoms with Gasteiger partial charge in [0, 0.05) is 38.6 Å². The van der Waals surface area contributed by atoms with Crippen LogP contribution in [0.4, 0.5) is 4.79 Å². The zero-order valence-corrected chi connectivity index (χ0v) is 13.7. The predicted octanol–water partition coefficient (Wildman–Crippen LogP) is 2.96. The molecule has 0 unspecified atom stereocenters. The van der Waals surface area contributed by atoms with Crippen LogP contribution < -0.4 is 5.32 Å². The summed E-state index contributed by atoms with van der Waals surface area (Å²) in [7, 11) is 0. The first-order chi connectivity index (χ1) is 11.3. The monoisotopic (exact) mass is 317 g/mol. The standard InChI is InChI=1S/C18H27N3O2/c22-18(20-12-15-4-1-2-5-15)21(14-17-6-3-11-23-17)13-16-7-9-19-10-8-16/h7-10,15,17H,1-6,11-14H2,(H,20,22)/t17-/m1/s1. The summed E-state index contributed by atoms with van der Waals surface area (Å²) >= 11 is 0. The van der Waals surface area contributed by atoms with Gasteiger partial charge in [0.25, 0.3) is 0 Å². The van der Waals surface area contributed by atoms with E-state index in [2.05, 4.69) is 10.3 Å². The Kier molecular flexibility index (Phi) is 5.86. The van der Waals surface area contributed by atoms with E-state index in [0.29, 0.717) is 19.0 Å². The van der Waals surface area contributed by atoms with E-state index in [-0.39, 0.29) is 12.1 Å². The highest BCUT2D eigenvalue weighted by atomic mass is 16.5. The quantitative estimate of drug-likeness (QED) is 0.877. The lowest BCUT2D eigenvalue weighted by Gasteiger charge is -2.26. The number of aromatic nitrogens is 1. The Hall–Kier alpha value is -1.62. The number of hydrogen-bond acceptors (Lipinski definition) is 3. The number of nitrogens with one attached hydrogen (secondary N) is 1. The molecule has 1 aromatic rings. The SMILES string of the molecule is O=C(NCC1CCCC1)N(Cc1ccncc1)C[C@H]1CCCO1. The van der Waals surface area contributed by atoms with Crippen LogP contribution in [0.3, 0.4) is 0 Å². The van der Waals surface area contributed by atoms with Gasteiger partial charge in [0.05, 0.1) is 6.10 Å². The third-order valence-electron chi connectivity index (χ3n) is 4.87. The minimum Gasteiger partial charge on any atom is -0.376 e. The molecule has 0 bridgehead atoms. The molecule has 2 amide bonds. The molecule has 1 saturated carbocycles. The predicted molar refractivity (Wildman–Crippen MR) is 89.0 cm³/mol. The molecule has 23 heavy (non-hydrogen) atoms. The minimum absolute atomic E-state index is 0.0317. The second-order valence-electron chi connectivity index (χ2n) is 6.71. The molecule has 126 valence electrons. The molecule has 3 rings (SSSR count). The Morgan fingerprint density at radius 2 is 2.00 bits per heavy atom. The number of ether oxygens (including phenoxy) is 1. The Bertz CT molecular complexity index is 482. The van der Waals surface area contributed by atoms with E-state index < -0.39 is 0 Å². The van der Waals surface area contributed by atoms with Gasteiger partial charge in [0.2, 0.25) is 0 Å². The van der Waals surface area contributed by atoms with Gasteiger partial charge in [-0.3, -0.25) is 4.98 Å². The molecule has 5 nitrogen and oxygen atoms in total. The molecular formula is C18H27N3O2. The molecule has 2 aliphatic rings. The first kappa shape index (κ1) is 16.2. The van der Waals surface area contributed by atoms with Crippen LogP contribution in [0.1, 0.15) is 44.1 Å². The Morgan fingerprint density at radius 3 is 2.70 bits per heavy atom. The summed E-state index contributed by atoms with van der Waals surface area (Å²) in [6.45, 7) is 2.90. The second-order valence-corrected chi connectivity index (χ2v) is 6.71. The largest absolute Gasteiger partial charge is 0.376 e. The molecule has 1 aliphatic carbocycles. The average Bonchev–Trinajstić information content (AvgIpc) is 3.26. The molecule has 0 aromatic carbocycles. The van der Waals surface area contributed by atoms with Crippen molar-refractivity contribution in [2.45, 2.75) is 51.2 Å². The number of amides is 2. The minimum atomic E-state index is 0.0317. The van der Waals surface area contributed by atoms with E-state index in [1.54, 1.807) is 12.4 Å². The van der Waals surface area contributed by atoms with Crippen LogP contribution in [0.15, 0.2) is 24.5 Å². The Morgan fingerprint density at radius 1 is 1.22 bits per heavy atom. The van der Waals surface area contributed by atoms with Crippen molar-refractivity contribution in [3.8, 4) is 0 Å². The Balaban J connectivity index is 1.57. The van der Waals surface area contributed by atoms with Gasteiger partial charge in [-0.15, -0.1) is 0 Å². The molecule has 1 aliphatic heterocycles. The lowest BCUT2D eigenvalue weighted by atomic mass is 10.1. The smallest absolute Gasteiger partial charge is 0.317 e.